The van der Waals surface area contributed by atoms with Crippen molar-refractivity contribution in [2.45, 2.75) is 19.9 Å². The standard InChI is InChI=1S/C14H16ClN5O2/c1-10(21)17-13-8-20(19-18-13)9-14(22)16-7-6-11-4-2-3-5-12(11)15/h2-5,8H,6-7,9H2,1H3,(H,16,22)(H,17,21). The summed E-state index contributed by atoms with van der Waals surface area (Å²) in [5.41, 5.74) is 0.984. The van der Waals surface area contributed by atoms with Crippen LogP contribution in [0.1, 0.15) is 12.5 Å². The Balaban J connectivity index is 1.77. The van der Waals surface area contributed by atoms with E-state index in [0.717, 1.165) is 5.56 Å². The van der Waals surface area contributed by atoms with Crippen LogP contribution in [0.4, 0.5) is 5.82 Å². The van der Waals surface area contributed by atoms with E-state index < -0.39 is 0 Å². The summed E-state index contributed by atoms with van der Waals surface area (Å²) in [5.74, 6) is -0.112. The molecular weight excluding hydrogens is 306 g/mol. The monoisotopic (exact) mass is 321 g/mol. The predicted molar refractivity (Wildman–Crippen MR) is 82.5 cm³/mol. The minimum atomic E-state index is -0.240. The highest BCUT2D eigenvalue weighted by Crippen LogP contribution is 2.14. The number of hydrogen-bond acceptors (Lipinski definition) is 4. The number of carbonyl (C=O) groups excluding carboxylic acids is 2. The maximum Gasteiger partial charge on any atom is 0.241 e. The van der Waals surface area contributed by atoms with E-state index in [1.807, 2.05) is 24.3 Å². The van der Waals surface area contributed by atoms with Gasteiger partial charge in [-0.3, -0.25) is 9.59 Å². The molecule has 0 bridgehead atoms. The Kier molecular flexibility index (Phi) is 5.48. The Morgan fingerprint density at radius 2 is 2.09 bits per heavy atom. The molecule has 0 aliphatic heterocycles. The largest absolute Gasteiger partial charge is 0.354 e. The number of carbonyl (C=O) groups is 2. The van der Waals surface area contributed by atoms with Crippen LogP contribution >= 0.6 is 11.6 Å². The average Bonchev–Trinajstić information content (AvgIpc) is 2.87. The smallest absolute Gasteiger partial charge is 0.241 e. The quantitative estimate of drug-likeness (QED) is 0.838. The molecular formula is C14H16ClN5O2. The van der Waals surface area contributed by atoms with Crippen molar-refractivity contribution >= 4 is 29.2 Å². The van der Waals surface area contributed by atoms with Crippen molar-refractivity contribution < 1.29 is 9.59 Å². The molecule has 0 saturated heterocycles. The summed E-state index contributed by atoms with van der Waals surface area (Å²) in [4.78, 5) is 22.7. The van der Waals surface area contributed by atoms with Crippen LogP contribution in [-0.4, -0.2) is 33.4 Å². The second-order valence-electron chi connectivity index (χ2n) is 4.67. The van der Waals surface area contributed by atoms with Gasteiger partial charge in [0.15, 0.2) is 5.82 Å². The lowest BCUT2D eigenvalue weighted by Crippen LogP contribution is -2.29. The SMILES string of the molecule is CC(=O)Nc1cn(CC(=O)NCCc2ccccc2Cl)nn1. The first-order valence-corrected chi connectivity index (χ1v) is 7.10. The summed E-state index contributed by atoms with van der Waals surface area (Å²) >= 11 is 6.04. The molecule has 1 aromatic carbocycles. The Morgan fingerprint density at radius 3 is 2.82 bits per heavy atom. The molecule has 2 amide bonds. The average molecular weight is 322 g/mol. The minimum Gasteiger partial charge on any atom is -0.354 e. The Bertz CT molecular complexity index is 671. The maximum absolute atomic E-state index is 11.8. The van der Waals surface area contributed by atoms with Gasteiger partial charge in [-0.25, -0.2) is 4.68 Å². The summed E-state index contributed by atoms with van der Waals surface area (Å²) in [7, 11) is 0. The van der Waals surface area contributed by atoms with Crippen LogP contribution in [0.3, 0.4) is 0 Å². The molecule has 1 aromatic heterocycles. The molecule has 0 atom stereocenters. The van der Waals surface area contributed by atoms with Crippen LogP contribution in [0.15, 0.2) is 30.5 Å². The molecule has 0 aliphatic rings. The summed E-state index contributed by atoms with van der Waals surface area (Å²) in [6.45, 7) is 1.89. The predicted octanol–water partition coefficient (Wildman–Crippen LogP) is 1.25. The third-order valence-corrected chi connectivity index (χ3v) is 3.19. The van der Waals surface area contributed by atoms with Gasteiger partial charge >= 0.3 is 0 Å². The van der Waals surface area contributed by atoms with Crippen LogP contribution in [0.25, 0.3) is 0 Å². The lowest BCUT2D eigenvalue weighted by Gasteiger charge is -2.06. The van der Waals surface area contributed by atoms with E-state index in [9.17, 15) is 9.59 Å². The molecule has 0 fully saturated rings. The molecule has 0 radical (unpaired) electrons. The zero-order valence-corrected chi connectivity index (χ0v) is 12.8. The van der Waals surface area contributed by atoms with E-state index in [1.54, 1.807) is 0 Å². The van der Waals surface area contributed by atoms with Gasteiger partial charge in [-0.05, 0) is 18.1 Å². The second kappa shape index (κ2) is 7.56. The zero-order chi connectivity index (χ0) is 15.9. The molecule has 0 aliphatic carbocycles. The van der Waals surface area contributed by atoms with Gasteiger partial charge in [0, 0.05) is 18.5 Å². The summed E-state index contributed by atoms with van der Waals surface area (Å²) in [6, 6.07) is 7.51. The number of amides is 2. The van der Waals surface area contributed by atoms with E-state index in [1.165, 1.54) is 17.8 Å². The van der Waals surface area contributed by atoms with E-state index in [2.05, 4.69) is 20.9 Å². The van der Waals surface area contributed by atoms with Gasteiger partial charge in [-0.1, -0.05) is 35.0 Å². The van der Waals surface area contributed by atoms with Crippen molar-refractivity contribution in [1.82, 2.24) is 20.3 Å². The number of anilines is 1. The van der Waals surface area contributed by atoms with Crippen molar-refractivity contribution in [2.75, 3.05) is 11.9 Å². The van der Waals surface area contributed by atoms with Crippen LogP contribution in [0, 0.1) is 0 Å². The highest BCUT2D eigenvalue weighted by Gasteiger charge is 2.07. The number of nitrogens with one attached hydrogen (secondary N) is 2. The molecule has 2 N–H and O–H groups in total. The summed E-state index contributed by atoms with van der Waals surface area (Å²) in [6.07, 6.45) is 2.15. The first-order valence-electron chi connectivity index (χ1n) is 6.72. The molecule has 0 unspecified atom stereocenters. The van der Waals surface area contributed by atoms with Crippen molar-refractivity contribution in [1.29, 1.82) is 0 Å². The van der Waals surface area contributed by atoms with E-state index in [4.69, 9.17) is 11.6 Å². The zero-order valence-electron chi connectivity index (χ0n) is 12.0. The fourth-order valence-electron chi connectivity index (χ4n) is 1.85. The van der Waals surface area contributed by atoms with Crippen molar-refractivity contribution in [2.24, 2.45) is 0 Å². The lowest BCUT2D eigenvalue weighted by molar-refractivity contribution is -0.121. The van der Waals surface area contributed by atoms with Crippen molar-refractivity contribution in [3.63, 3.8) is 0 Å². The molecule has 116 valence electrons. The Morgan fingerprint density at radius 1 is 1.32 bits per heavy atom. The van der Waals surface area contributed by atoms with Crippen molar-refractivity contribution in [3.8, 4) is 0 Å². The molecule has 8 heteroatoms. The highest BCUT2D eigenvalue weighted by molar-refractivity contribution is 6.31. The molecule has 22 heavy (non-hydrogen) atoms. The number of halogens is 1. The molecule has 0 spiro atoms. The first-order chi connectivity index (χ1) is 10.5. The van der Waals surface area contributed by atoms with Gasteiger partial charge in [0.1, 0.15) is 6.54 Å². The van der Waals surface area contributed by atoms with E-state index >= 15 is 0 Å². The fraction of sp³-hybridized carbons (Fsp3) is 0.286. The number of hydrogen-bond donors (Lipinski definition) is 2. The maximum atomic E-state index is 11.8. The van der Waals surface area contributed by atoms with Gasteiger partial charge in [-0.15, -0.1) is 5.10 Å². The van der Waals surface area contributed by atoms with E-state index in [-0.39, 0.29) is 18.4 Å². The lowest BCUT2D eigenvalue weighted by atomic mass is 10.1. The number of nitrogens with zero attached hydrogens (tertiary/aromatic N) is 3. The minimum absolute atomic E-state index is 0.0368. The highest BCUT2D eigenvalue weighted by atomic mass is 35.5. The van der Waals surface area contributed by atoms with Gasteiger partial charge in [0.05, 0.1) is 6.20 Å². The number of aromatic nitrogens is 3. The first kappa shape index (κ1) is 16.0. The van der Waals surface area contributed by atoms with Crippen LogP contribution in [-0.2, 0) is 22.6 Å². The fourth-order valence-corrected chi connectivity index (χ4v) is 2.08. The van der Waals surface area contributed by atoms with Gasteiger partial charge in [-0.2, -0.15) is 0 Å². The topological polar surface area (TPSA) is 88.9 Å². The normalized spacial score (nSPS) is 10.3. The van der Waals surface area contributed by atoms with Crippen LogP contribution < -0.4 is 10.6 Å². The summed E-state index contributed by atoms with van der Waals surface area (Å²) < 4.78 is 1.36. The second-order valence-corrected chi connectivity index (χ2v) is 5.08. The summed E-state index contributed by atoms with van der Waals surface area (Å²) in [5, 5.41) is 13.5. The Labute approximate surface area is 132 Å². The number of benzene rings is 1. The molecule has 0 saturated carbocycles. The van der Waals surface area contributed by atoms with Crippen molar-refractivity contribution in [3.05, 3.63) is 41.0 Å². The molecule has 2 aromatic rings. The third kappa shape index (κ3) is 4.85. The van der Waals surface area contributed by atoms with Crippen LogP contribution in [0.5, 0.6) is 0 Å². The van der Waals surface area contributed by atoms with E-state index in [0.29, 0.717) is 23.8 Å². The Hall–Kier alpha value is -2.41. The third-order valence-electron chi connectivity index (χ3n) is 2.82. The van der Waals surface area contributed by atoms with Gasteiger partial charge in [0.2, 0.25) is 11.8 Å². The van der Waals surface area contributed by atoms with Crippen LogP contribution in [0.2, 0.25) is 5.02 Å². The van der Waals surface area contributed by atoms with Gasteiger partial charge in [0.25, 0.3) is 0 Å². The molecule has 2 rings (SSSR count). The number of rotatable bonds is 6. The molecule has 1 heterocycles. The molecule has 7 nitrogen and oxygen atoms in total. The van der Waals surface area contributed by atoms with Gasteiger partial charge < -0.3 is 10.6 Å².